The first-order chi connectivity index (χ1) is 12.4. The number of nitrogens with zero attached hydrogens (tertiary/aromatic N) is 1. The largest absolute Gasteiger partial charge is 0.491 e. The topological polar surface area (TPSA) is 73.2 Å². The fraction of sp³-hybridized carbons (Fsp3) is 0.714. The van der Waals surface area contributed by atoms with Crippen molar-refractivity contribution < 1.29 is 20.1 Å². The maximum atomic E-state index is 10.1. The zero-order chi connectivity index (χ0) is 19.4. The van der Waals surface area contributed by atoms with Gasteiger partial charge in [-0.05, 0) is 29.5 Å². The Morgan fingerprint density at radius 3 is 2.19 bits per heavy atom. The minimum Gasteiger partial charge on any atom is -0.491 e. The van der Waals surface area contributed by atoms with E-state index in [4.69, 9.17) is 14.9 Å². The minimum absolute atomic E-state index is 0.00306. The van der Waals surface area contributed by atoms with Gasteiger partial charge in [-0.25, -0.2) is 0 Å². The molecular formula is C21H37NO4. The number of hydrogen-bond acceptors (Lipinski definition) is 5. The van der Waals surface area contributed by atoms with E-state index in [-0.39, 0.29) is 25.2 Å². The summed E-state index contributed by atoms with van der Waals surface area (Å²) in [5.41, 5.74) is 1.46. The van der Waals surface area contributed by atoms with E-state index in [1.807, 2.05) is 17.0 Å². The molecule has 1 aromatic carbocycles. The summed E-state index contributed by atoms with van der Waals surface area (Å²) >= 11 is 0. The van der Waals surface area contributed by atoms with E-state index in [9.17, 15) is 5.11 Å². The van der Waals surface area contributed by atoms with E-state index in [1.165, 1.54) is 31.2 Å². The Kier molecular flexibility index (Phi) is 10.8. The van der Waals surface area contributed by atoms with Crippen molar-refractivity contribution in [1.29, 1.82) is 0 Å². The minimum atomic E-state index is -0.668. The highest BCUT2D eigenvalue weighted by Gasteiger charge is 2.20. The highest BCUT2D eigenvalue weighted by molar-refractivity contribution is 5.31. The highest BCUT2D eigenvalue weighted by atomic mass is 16.5. The van der Waals surface area contributed by atoms with Crippen molar-refractivity contribution in [3.63, 3.8) is 0 Å². The van der Waals surface area contributed by atoms with Gasteiger partial charge in [0.1, 0.15) is 18.5 Å². The van der Waals surface area contributed by atoms with Gasteiger partial charge in [0.2, 0.25) is 0 Å². The fourth-order valence-electron chi connectivity index (χ4n) is 3.08. The van der Waals surface area contributed by atoms with Gasteiger partial charge in [-0.1, -0.05) is 52.2 Å². The van der Waals surface area contributed by atoms with Crippen LogP contribution in [0.5, 0.6) is 5.75 Å². The summed E-state index contributed by atoms with van der Waals surface area (Å²) < 4.78 is 5.69. The quantitative estimate of drug-likeness (QED) is 0.441. The summed E-state index contributed by atoms with van der Waals surface area (Å²) in [6.07, 6.45) is 4.25. The van der Waals surface area contributed by atoms with Crippen LogP contribution in [0.1, 0.15) is 52.0 Å². The van der Waals surface area contributed by atoms with Crippen molar-refractivity contribution in [2.45, 2.75) is 58.0 Å². The highest BCUT2D eigenvalue weighted by Crippen LogP contribution is 2.30. The molecule has 0 aromatic heterocycles. The Morgan fingerprint density at radius 1 is 1.04 bits per heavy atom. The van der Waals surface area contributed by atoms with Gasteiger partial charge < -0.3 is 20.1 Å². The molecule has 0 radical (unpaired) electrons. The van der Waals surface area contributed by atoms with E-state index < -0.39 is 6.10 Å². The maximum absolute atomic E-state index is 10.1. The third-order valence-electron chi connectivity index (χ3n) is 4.78. The van der Waals surface area contributed by atoms with E-state index >= 15 is 0 Å². The Labute approximate surface area is 158 Å². The van der Waals surface area contributed by atoms with Crippen LogP contribution in [0.4, 0.5) is 0 Å². The number of rotatable bonds is 14. The van der Waals surface area contributed by atoms with Gasteiger partial charge in [0.25, 0.3) is 0 Å². The average molecular weight is 368 g/mol. The van der Waals surface area contributed by atoms with E-state index in [0.29, 0.717) is 19.6 Å². The normalized spacial score (nSPS) is 13.2. The second-order valence-corrected chi connectivity index (χ2v) is 7.58. The molecule has 1 atom stereocenters. The average Bonchev–Trinajstić information content (AvgIpc) is 2.61. The third-order valence-corrected chi connectivity index (χ3v) is 4.78. The molecular weight excluding hydrogens is 330 g/mol. The van der Waals surface area contributed by atoms with Gasteiger partial charge in [0.05, 0.1) is 13.2 Å². The molecule has 0 saturated heterocycles. The van der Waals surface area contributed by atoms with Crippen LogP contribution < -0.4 is 4.74 Å². The Bertz CT molecular complexity index is 469. The van der Waals surface area contributed by atoms with Gasteiger partial charge in [-0.3, -0.25) is 4.90 Å². The number of hydrogen-bond donors (Lipinski definition) is 3. The van der Waals surface area contributed by atoms with Crippen molar-refractivity contribution in [2.24, 2.45) is 0 Å². The molecule has 1 unspecified atom stereocenters. The summed E-state index contributed by atoms with van der Waals surface area (Å²) in [5.74, 6) is 0.744. The lowest BCUT2D eigenvalue weighted by Gasteiger charge is -2.26. The number of ether oxygens (including phenoxy) is 1. The van der Waals surface area contributed by atoms with Crippen molar-refractivity contribution >= 4 is 0 Å². The van der Waals surface area contributed by atoms with E-state index in [1.54, 1.807) is 0 Å². The van der Waals surface area contributed by atoms with Crippen LogP contribution in [-0.2, 0) is 5.41 Å². The second kappa shape index (κ2) is 12.3. The van der Waals surface area contributed by atoms with Gasteiger partial charge in [-0.15, -0.1) is 0 Å². The molecule has 0 aliphatic heterocycles. The zero-order valence-corrected chi connectivity index (χ0v) is 16.7. The second-order valence-electron chi connectivity index (χ2n) is 7.58. The van der Waals surface area contributed by atoms with Crippen LogP contribution in [0.3, 0.4) is 0 Å². The van der Waals surface area contributed by atoms with Crippen LogP contribution in [0.2, 0.25) is 0 Å². The molecule has 0 saturated carbocycles. The van der Waals surface area contributed by atoms with Crippen LogP contribution in [0.15, 0.2) is 24.3 Å². The van der Waals surface area contributed by atoms with E-state index in [2.05, 4.69) is 32.9 Å². The molecule has 5 nitrogen and oxygen atoms in total. The lowest BCUT2D eigenvalue weighted by Crippen LogP contribution is -2.38. The molecule has 5 heteroatoms. The number of unbranched alkanes of at least 4 members (excludes halogenated alkanes) is 2. The van der Waals surface area contributed by atoms with Crippen LogP contribution in [0, 0.1) is 0 Å². The Balaban J connectivity index is 2.48. The first-order valence-corrected chi connectivity index (χ1v) is 9.78. The summed E-state index contributed by atoms with van der Waals surface area (Å²) in [6, 6.07) is 8.14. The smallest absolute Gasteiger partial charge is 0.119 e. The molecule has 1 aromatic rings. The molecule has 0 aliphatic rings. The molecule has 0 fully saturated rings. The summed E-state index contributed by atoms with van der Waals surface area (Å²) in [4.78, 5) is 1.82. The molecule has 0 amide bonds. The zero-order valence-electron chi connectivity index (χ0n) is 16.7. The molecule has 1 rings (SSSR count). The van der Waals surface area contributed by atoms with Gasteiger partial charge in [-0.2, -0.15) is 0 Å². The SMILES string of the molecule is CCCCCC(C)(C)c1ccc(OCC(O)CN(CCO)CCO)cc1. The standard InChI is InChI=1S/C21H37NO4/c1-4-5-6-11-21(2,3)18-7-9-20(10-8-18)26-17-19(25)16-22(12-14-23)13-15-24/h7-10,19,23-25H,4-6,11-17H2,1-3H3. The first kappa shape index (κ1) is 22.9. The third kappa shape index (κ3) is 8.49. The first-order valence-electron chi connectivity index (χ1n) is 9.78. The van der Waals surface area contributed by atoms with Gasteiger partial charge in [0, 0.05) is 19.6 Å². The molecule has 0 spiro atoms. The Morgan fingerprint density at radius 2 is 1.65 bits per heavy atom. The van der Waals surface area contributed by atoms with Crippen LogP contribution in [-0.4, -0.2) is 65.8 Å². The van der Waals surface area contributed by atoms with Crippen molar-refractivity contribution in [2.75, 3.05) is 39.5 Å². The van der Waals surface area contributed by atoms with Crippen LogP contribution >= 0.6 is 0 Å². The number of benzene rings is 1. The summed E-state index contributed by atoms with van der Waals surface area (Å²) in [7, 11) is 0. The Hall–Kier alpha value is -1.14. The van der Waals surface area contributed by atoms with Crippen LogP contribution in [0.25, 0.3) is 0 Å². The summed E-state index contributed by atoms with van der Waals surface area (Å²) in [6.45, 7) is 8.19. The van der Waals surface area contributed by atoms with Gasteiger partial charge in [0.15, 0.2) is 0 Å². The molecule has 0 heterocycles. The van der Waals surface area contributed by atoms with Crippen molar-refractivity contribution in [1.82, 2.24) is 4.90 Å². The molecule has 150 valence electrons. The monoisotopic (exact) mass is 367 g/mol. The van der Waals surface area contributed by atoms with Crippen molar-refractivity contribution in [3.05, 3.63) is 29.8 Å². The fourth-order valence-corrected chi connectivity index (χ4v) is 3.08. The lowest BCUT2D eigenvalue weighted by molar-refractivity contribution is 0.0552. The molecule has 26 heavy (non-hydrogen) atoms. The molecule has 0 bridgehead atoms. The molecule has 3 N–H and O–H groups in total. The maximum Gasteiger partial charge on any atom is 0.119 e. The lowest BCUT2D eigenvalue weighted by atomic mass is 9.80. The van der Waals surface area contributed by atoms with E-state index in [0.717, 1.165) is 5.75 Å². The number of aliphatic hydroxyl groups excluding tert-OH is 3. The summed E-state index contributed by atoms with van der Waals surface area (Å²) in [5, 5.41) is 28.1. The predicted molar refractivity (Wildman–Crippen MR) is 106 cm³/mol. The number of aliphatic hydroxyl groups is 3. The predicted octanol–water partition coefficient (Wildman–Crippen LogP) is 2.57. The van der Waals surface area contributed by atoms with Crippen molar-refractivity contribution in [3.8, 4) is 5.75 Å². The molecule has 0 aliphatic carbocycles. The van der Waals surface area contributed by atoms with Gasteiger partial charge >= 0.3 is 0 Å².